The van der Waals surface area contributed by atoms with Crippen LogP contribution in [-0.4, -0.2) is 42.9 Å². The smallest absolute Gasteiger partial charge is 0.228 e. The molecule has 0 radical (unpaired) electrons. The highest BCUT2D eigenvalue weighted by Gasteiger charge is 2.36. The van der Waals surface area contributed by atoms with Crippen molar-refractivity contribution in [3.63, 3.8) is 0 Å². The molecule has 0 bridgehead atoms. The predicted molar refractivity (Wildman–Crippen MR) is 84.3 cm³/mol. The van der Waals surface area contributed by atoms with E-state index in [2.05, 4.69) is 4.90 Å². The van der Waals surface area contributed by atoms with Crippen LogP contribution in [-0.2, 0) is 4.79 Å². The third-order valence-electron chi connectivity index (χ3n) is 4.12. The molecule has 1 fully saturated rings. The van der Waals surface area contributed by atoms with Crippen molar-refractivity contribution in [1.29, 1.82) is 0 Å². The highest BCUT2D eigenvalue weighted by atomic mass is 35.5. The first-order valence-corrected chi connectivity index (χ1v) is 7.88. The maximum Gasteiger partial charge on any atom is 0.228 e. The number of alkyl halides is 1. The van der Waals surface area contributed by atoms with E-state index < -0.39 is 0 Å². The summed E-state index contributed by atoms with van der Waals surface area (Å²) in [5, 5.41) is 0. The molecule has 0 N–H and O–H groups in total. The van der Waals surface area contributed by atoms with Gasteiger partial charge in [-0.3, -0.25) is 4.79 Å². The van der Waals surface area contributed by atoms with Crippen molar-refractivity contribution >= 4 is 23.2 Å². The summed E-state index contributed by atoms with van der Waals surface area (Å²) < 4.78 is 13.1. The van der Waals surface area contributed by atoms with E-state index in [0.29, 0.717) is 18.3 Å². The molecule has 1 aromatic rings. The van der Waals surface area contributed by atoms with Crippen LogP contribution >= 0.6 is 11.6 Å². The summed E-state index contributed by atoms with van der Waals surface area (Å²) in [5.41, 5.74) is 0.755. The molecule has 0 aliphatic heterocycles. The van der Waals surface area contributed by atoms with Crippen LogP contribution in [0.15, 0.2) is 24.3 Å². The summed E-state index contributed by atoms with van der Waals surface area (Å²) in [7, 11) is 4.08. The Labute approximate surface area is 130 Å². The van der Waals surface area contributed by atoms with Crippen LogP contribution in [0.5, 0.6) is 0 Å². The van der Waals surface area contributed by atoms with Crippen molar-refractivity contribution in [3.8, 4) is 0 Å². The van der Waals surface area contributed by atoms with Crippen LogP contribution in [0.1, 0.15) is 25.7 Å². The first kappa shape index (κ1) is 16.2. The van der Waals surface area contributed by atoms with E-state index in [1.165, 1.54) is 12.1 Å². The first-order chi connectivity index (χ1) is 10.0. The average Bonchev–Trinajstić information content (AvgIpc) is 2.91. The Morgan fingerprint density at radius 2 is 1.86 bits per heavy atom. The number of rotatable bonds is 5. The van der Waals surface area contributed by atoms with Gasteiger partial charge in [0, 0.05) is 24.0 Å². The topological polar surface area (TPSA) is 23.6 Å². The molecule has 0 heterocycles. The second-order valence-corrected chi connectivity index (χ2v) is 6.09. The minimum atomic E-state index is -0.293. The minimum absolute atomic E-state index is 0.00959. The van der Waals surface area contributed by atoms with Gasteiger partial charge in [-0.15, -0.1) is 11.6 Å². The lowest BCUT2D eigenvalue weighted by molar-refractivity contribution is -0.118. The van der Waals surface area contributed by atoms with E-state index in [-0.39, 0.29) is 17.8 Å². The first-order valence-electron chi connectivity index (χ1n) is 7.34. The molecule has 5 heteroatoms. The maximum atomic E-state index is 13.1. The number of halogens is 2. The number of hydrogen-bond donors (Lipinski definition) is 0. The van der Waals surface area contributed by atoms with Gasteiger partial charge in [-0.2, -0.15) is 0 Å². The zero-order chi connectivity index (χ0) is 15.4. The quantitative estimate of drug-likeness (QED) is 0.779. The van der Waals surface area contributed by atoms with Gasteiger partial charge in [-0.1, -0.05) is 0 Å². The number of carbonyl (C=O) groups excluding carboxylic acids is 1. The number of carbonyl (C=O) groups is 1. The number of amides is 1. The van der Waals surface area contributed by atoms with Gasteiger partial charge >= 0.3 is 0 Å². The van der Waals surface area contributed by atoms with Crippen LogP contribution in [0.2, 0.25) is 0 Å². The van der Waals surface area contributed by atoms with Crippen molar-refractivity contribution in [2.75, 3.05) is 24.9 Å². The molecule has 21 heavy (non-hydrogen) atoms. The Kier molecular flexibility index (Phi) is 5.59. The fourth-order valence-electron chi connectivity index (χ4n) is 3.15. The molecule has 2 rings (SSSR count). The molecule has 3 nitrogen and oxygen atoms in total. The molecule has 116 valence electrons. The Morgan fingerprint density at radius 1 is 1.24 bits per heavy atom. The molecule has 2 unspecified atom stereocenters. The monoisotopic (exact) mass is 312 g/mol. The van der Waals surface area contributed by atoms with Crippen LogP contribution in [0.4, 0.5) is 10.1 Å². The number of likely N-dealkylation sites (N-methyl/N-ethyl adjacent to an activating group) is 1. The Morgan fingerprint density at radius 3 is 2.43 bits per heavy atom. The van der Waals surface area contributed by atoms with E-state index in [0.717, 1.165) is 24.9 Å². The molecule has 1 amide bonds. The number of hydrogen-bond acceptors (Lipinski definition) is 2. The van der Waals surface area contributed by atoms with E-state index >= 15 is 0 Å². The molecule has 2 atom stereocenters. The Hall–Kier alpha value is -1.13. The molecule has 0 aromatic heterocycles. The second kappa shape index (κ2) is 7.23. The molecule has 1 aromatic carbocycles. The van der Waals surface area contributed by atoms with Gasteiger partial charge < -0.3 is 9.80 Å². The molecular formula is C16H22ClFN2O. The summed E-state index contributed by atoms with van der Waals surface area (Å²) in [6.45, 7) is 0. The van der Waals surface area contributed by atoms with Crippen molar-refractivity contribution in [3.05, 3.63) is 30.1 Å². The summed E-state index contributed by atoms with van der Waals surface area (Å²) in [6.07, 6.45) is 3.44. The van der Waals surface area contributed by atoms with Gasteiger partial charge in [0.15, 0.2) is 0 Å². The zero-order valence-corrected chi connectivity index (χ0v) is 13.3. The molecule has 1 saturated carbocycles. The van der Waals surface area contributed by atoms with Crippen LogP contribution in [0, 0.1) is 5.82 Å². The van der Waals surface area contributed by atoms with Crippen LogP contribution in [0.3, 0.4) is 0 Å². The summed E-state index contributed by atoms with van der Waals surface area (Å²) in [6, 6.07) is 6.60. The molecule has 0 saturated heterocycles. The van der Waals surface area contributed by atoms with E-state index in [1.807, 2.05) is 19.0 Å². The maximum absolute atomic E-state index is 13.1. The highest BCUT2D eigenvalue weighted by molar-refractivity contribution is 6.19. The van der Waals surface area contributed by atoms with Crippen molar-refractivity contribution in [1.82, 2.24) is 4.90 Å². The third kappa shape index (κ3) is 3.74. The summed E-state index contributed by atoms with van der Waals surface area (Å²) >= 11 is 5.74. The Bertz CT molecular complexity index is 478. The zero-order valence-electron chi connectivity index (χ0n) is 12.6. The van der Waals surface area contributed by atoms with Crippen molar-refractivity contribution < 1.29 is 9.18 Å². The molecular weight excluding hydrogens is 291 g/mol. The van der Waals surface area contributed by atoms with E-state index in [4.69, 9.17) is 11.6 Å². The van der Waals surface area contributed by atoms with Crippen molar-refractivity contribution in [2.24, 2.45) is 0 Å². The Balaban J connectivity index is 2.31. The van der Waals surface area contributed by atoms with Gasteiger partial charge in [-0.05, 0) is 57.6 Å². The van der Waals surface area contributed by atoms with Gasteiger partial charge in [0.25, 0.3) is 0 Å². The largest absolute Gasteiger partial charge is 0.308 e. The standard InChI is InChI=1S/C16H22ClFN2O/c1-19(2)14-4-3-5-15(14)20(16(21)10-11-17)13-8-6-12(18)7-9-13/h6-9,14-15H,3-5,10-11H2,1-2H3. The average molecular weight is 313 g/mol. The molecule has 0 spiro atoms. The minimum Gasteiger partial charge on any atom is -0.308 e. The third-order valence-corrected chi connectivity index (χ3v) is 4.31. The van der Waals surface area contributed by atoms with Gasteiger partial charge in [-0.25, -0.2) is 4.39 Å². The normalized spacial score (nSPS) is 21.8. The number of anilines is 1. The highest BCUT2D eigenvalue weighted by Crippen LogP contribution is 2.31. The molecule has 1 aliphatic carbocycles. The van der Waals surface area contributed by atoms with Gasteiger partial charge in [0.1, 0.15) is 5.82 Å². The number of nitrogens with zero attached hydrogens (tertiary/aromatic N) is 2. The van der Waals surface area contributed by atoms with Gasteiger partial charge in [0.2, 0.25) is 5.91 Å². The fourth-order valence-corrected chi connectivity index (χ4v) is 3.31. The predicted octanol–water partition coefficient (Wildman–Crippen LogP) is 3.27. The fraction of sp³-hybridized carbons (Fsp3) is 0.562. The van der Waals surface area contributed by atoms with Crippen LogP contribution < -0.4 is 4.90 Å². The molecule has 1 aliphatic rings. The van der Waals surface area contributed by atoms with Crippen LogP contribution in [0.25, 0.3) is 0 Å². The summed E-state index contributed by atoms with van der Waals surface area (Å²) in [4.78, 5) is 16.5. The lowest BCUT2D eigenvalue weighted by atomic mass is 10.1. The second-order valence-electron chi connectivity index (χ2n) is 5.71. The van der Waals surface area contributed by atoms with E-state index in [9.17, 15) is 9.18 Å². The lowest BCUT2D eigenvalue weighted by Crippen LogP contribution is -2.49. The number of benzene rings is 1. The van der Waals surface area contributed by atoms with Gasteiger partial charge in [0.05, 0.1) is 6.04 Å². The van der Waals surface area contributed by atoms with Crippen molar-refractivity contribution in [2.45, 2.75) is 37.8 Å². The van der Waals surface area contributed by atoms with E-state index in [1.54, 1.807) is 12.1 Å². The lowest BCUT2D eigenvalue weighted by Gasteiger charge is -2.36. The SMILES string of the molecule is CN(C)C1CCCC1N(C(=O)CCCl)c1ccc(F)cc1. The summed E-state index contributed by atoms with van der Waals surface area (Å²) in [5.74, 6) is 0.0185.